The Bertz CT molecular complexity index is 578. The number of para-hydroxylation sites is 1. The molecular weight excluding hydrogens is 284 g/mol. The molecule has 1 aromatic carbocycles. The Labute approximate surface area is 128 Å². The minimum atomic E-state index is 0.472. The Morgan fingerprint density at radius 3 is 2.75 bits per heavy atom. The van der Waals surface area contributed by atoms with E-state index in [1.54, 1.807) is 11.3 Å². The maximum atomic E-state index is 4.20. The van der Waals surface area contributed by atoms with Crippen LogP contribution in [0.2, 0.25) is 0 Å². The highest BCUT2D eigenvalue weighted by Crippen LogP contribution is 2.45. The van der Waals surface area contributed by atoms with Crippen molar-refractivity contribution in [2.45, 2.75) is 25.6 Å². The summed E-state index contributed by atoms with van der Waals surface area (Å²) in [7, 11) is 0. The fourth-order valence-electron chi connectivity index (χ4n) is 2.29. The average Bonchev–Trinajstić information content (AvgIpc) is 3.16. The number of thiazole rings is 1. The molecule has 1 aliphatic rings. The molecule has 2 nitrogen and oxygen atoms in total. The SMILES string of the molecule is CCC(C)C1SC(c2cncs2)=CN1c1ccccc1. The number of anilines is 1. The Hall–Kier alpha value is -1.26. The molecule has 2 aromatic rings. The fraction of sp³-hybridized carbons (Fsp3) is 0.312. The summed E-state index contributed by atoms with van der Waals surface area (Å²) < 4.78 is 0. The van der Waals surface area contributed by atoms with Crippen molar-refractivity contribution in [3.05, 3.63) is 53.1 Å². The van der Waals surface area contributed by atoms with Gasteiger partial charge in [-0.3, -0.25) is 4.98 Å². The molecule has 0 fully saturated rings. The summed E-state index contributed by atoms with van der Waals surface area (Å²) in [5, 5.41) is 0.472. The van der Waals surface area contributed by atoms with Crippen molar-refractivity contribution in [2.75, 3.05) is 4.90 Å². The van der Waals surface area contributed by atoms with Crippen LogP contribution < -0.4 is 4.90 Å². The molecule has 2 heterocycles. The molecule has 104 valence electrons. The number of benzene rings is 1. The first-order valence-electron chi connectivity index (χ1n) is 6.90. The molecule has 0 N–H and O–H groups in total. The van der Waals surface area contributed by atoms with Gasteiger partial charge in [-0.1, -0.05) is 50.2 Å². The normalized spacial score (nSPS) is 20.0. The van der Waals surface area contributed by atoms with Gasteiger partial charge in [0.25, 0.3) is 0 Å². The van der Waals surface area contributed by atoms with Gasteiger partial charge < -0.3 is 4.90 Å². The minimum Gasteiger partial charge on any atom is -0.334 e. The average molecular weight is 302 g/mol. The lowest BCUT2D eigenvalue weighted by molar-refractivity contribution is 0.539. The van der Waals surface area contributed by atoms with E-state index in [-0.39, 0.29) is 0 Å². The highest BCUT2D eigenvalue weighted by atomic mass is 32.2. The maximum absolute atomic E-state index is 4.20. The molecular formula is C16H18N2S2. The summed E-state index contributed by atoms with van der Waals surface area (Å²) in [4.78, 5) is 9.21. The van der Waals surface area contributed by atoms with Gasteiger partial charge in [-0.2, -0.15) is 0 Å². The van der Waals surface area contributed by atoms with Gasteiger partial charge in [0.1, 0.15) is 0 Å². The molecule has 0 spiro atoms. The van der Waals surface area contributed by atoms with Crippen LogP contribution in [0.4, 0.5) is 5.69 Å². The van der Waals surface area contributed by atoms with Gasteiger partial charge in [-0.25, -0.2) is 0 Å². The van der Waals surface area contributed by atoms with Crippen molar-refractivity contribution in [3.8, 4) is 0 Å². The Balaban J connectivity index is 1.94. The Morgan fingerprint density at radius 1 is 1.30 bits per heavy atom. The van der Waals surface area contributed by atoms with Crippen LogP contribution in [-0.2, 0) is 0 Å². The van der Waals surface area contributed by atoms with Crippen LogP contribution >= 0.6 is 23.1 Å². The lowest BCUT2D eigenvalue weighted by atomic mass is 10.1. The molecule has 0 radical (unpaired) electrons. The third-order valence-electron chi connectivity index (χ3n) is 3.64. The number of aromatic nitrogens is 1. The van der Waals surface area contributed by atoms with Gasteiger partial charge in [0.15, 0.2) is 0 Å². The van der Waals surface area contributed by atoms with Gasteiger partial charge in [-0.15, -0.1) is 11.3 Å². The van der Waals surface area contributed by atoms with Gasteiger partial charge >= 0.3 is 0 Å². The highest BCUT2D eigenvalue weighted by Gasteiger charge is 2.31. The van der Waals surface area contributed by atoms with E-state index in [0.29, 0.717) is 11.3 Å². The van der Waals surface area contributed by atoms with E-state index in [9.17, 15) is 0 Å². The van der Waals surface area contributed by atoms with Gasteiger partial charge in [-0.05, 0) is 18.1 Å². The van der Waals surface area contributed by atoms with E-state index in [1.165, 1.54) is 21.9 Å². The fourth-order valence-corrected chi connectivity index (χ4v) is 4.43. The van der Waals surface area contributed by atoms with E-state index in [2.05, 4.69) is 60.3 Å². The molecule has 0 saturated carbocycles. The van der Waals surface area contributed by atoms with Gasteiger partial charge in [0, 0.05) is 23.0 Å². The Morgan fingerprint density at radius 2 is 2.10 bits per heavy atom. The lowest BCUT2D eigenvalue weighted by Crippen LogP contribution is -2.29. The Kier molecular flexibility index (Phi) is 4.13. The first-order valence-corrected chi connectivity index (χ1v) is 8.66. The second-order valence-electron chi connectivity index (χ2n) is 5.00. The molecule has 2 atom stereocenters. The molecule has 1 aliphatic heterocycles. The van der Waals surface area contributed by atoms with Crippen LogP contribution in [-0.4, -0.2) is 10.4 Å². The third kappa shape index (κ3) is 2.63. The van der Waals surface area contributed by atoms with Crippen LogP contribution in [0.5, 0.6) is 0 Å². The van der Waals surface area contributed by atoms with Crippen molar-refractivity contribution >= 4 is 33.7 Å². The van der Waals surface area contributed by atoms with E-state index in [1.807, 2.05) is 23.5 Å². The lowest BCUT2D eigenvalue weighted by Gasteiger charge is -2.29. The third-order valence-corrected chi connectivity index (χ3v) is 6.09. The van der Waals surface area contributed by atoms with E-state index in [0.717, 1.165) is 0 Å². The standard InChI is InChI=1S/C16H18N2S2/c1-3-12(2)16-18(13-7-5-4-6-8-13)10-15(20-16)14-9-17-11-19-14/h4-12,16H,3H2,1-2H3. The molecule has 0 saturated heterocycles. The molecule has 4 heteroatoms. The number of hydrogen-bond donors (Lipinski definition) is 0. The summed E-state index contributed by atoms with van der Waals surface area (Å²) in [6.45, 7) is 4.59. The second kappa shape index (κ2) is 6.02. The number of hydrogen-bond acceptors (Lipinski definition) is 4. The van der Waals surface area contributed by atoms with Gasteiger partial charge in [0.2, 0.25) is 0 Å². The van der Waals surface area contributed by atoms with Crippen LogP contribution in [0.15, 0.2) is 48.2 Å². The van der Waals surface area contributed by atoms with Crippen molar-refractivity contribution in [3.63, 3.8) is 0 Å². The second-order valence-corrected chi connectivity index (χ2v) is 7.04. The van der Waals surface area contributed by atoms with Crippen LogP contribution in [0, 0.1) is 5.92 Å². The van der Waals surface area contributed by atoms with Crippen LogP contribution in [0.1, 0.15) is 25.1 Å². The number of rotatable bonds is 4. The number of thioether (sulfide) groups is 1. The highest BCUT2D eigenvalue weighted by molar-refractivity contribution is 8.09. The van der Waals surface area contributed by atoms with Crippen LogP contribution in [0.25, 0.3) is 4.91 Å². The number of nitrogens with zero attached hydrogens (tertiary/aromatic N) is 2. The van der Waals surface area contributed by atoms with Crippen molar-refractivity contribution in [1.29, 1.82) is 0 Å². The summed E-state index contributed by atoms with van der Waals surface area (Å²) in [6.07, 6.45) is 5.43. The maximum Gasteiger partial charge on any atom is 0.0866 e. The predicted octanol–water partition coefficient (Wildman–Crippen LogP) is 5.07. The molecule has 20 heavy (non-hydrogen) atoms. The zero-order valence-corrected chi connectivity index (χ0v) is 13.3. The summed E-state index contributed by atoms with van der Waals surface area (Å²) >= 11 is 3.67. The van der Waals surface area contributed by atoms with Crippen molar-refractivity contribution in [2.24, 2.45) is 5.92 Å². The van der Waals surface area contributed by atoms with Crippen molar-refractivity contribution in [1.82, 2.24) is 4.98 Å². The predicted molar refractivity (Wildman–Crippen MR) is 89.8 cm³/mol. The summed E-state index contributed by atoms with van der Waals surface area (Å²) in [6, 6.07) is 10.6. The van der Waals surface area contributed by atoms with E-state index >= 15 is 0 Å². The smallest absolute Gasteiger partial charge is 0.0866 e. The summed E-state index contributed by atoms with van der Waals surface area (Å²) in [5.74, 6) is 0.641. The molecule has 1 aromatic heterocycles. The topological polar surface area (TPSA) is 16.1 Å². The van der Waals surface area contributed by atoms with Gasteiger partial charge in [0.05, 0.1) is 15.8 Å². The largest absolute Gasteiger partial charge is 0.334 e. The molecule has 0 aliphatic carbocycles. The quantitative estimate of drug-likeness (QED) is 0.784. The summed E-state index contributed by atoms with van der Waals surface area (Å²) in [5.41, 5.74) is 3.17. The molecule has 3 rings (SSSR count). The monoisotopic (exact) mass is 302 g/mol. The van der Waals surface area contributed by atoms with Crippen molar-refractivity contribution < 1.29 is 0 Å². The van der Waals surface area contributed by atoms with E-state index < -0.39 is 0 Å². The molecule has 2 unspecified atom stereocenters. The zero-order chi connectivity index (χ0) is 13.9. The van der Waals surface area contributed by atoms with Crippen LogP contribution in [0.3, 0.4) is 0 Å². The first-order chi connectivity index (χ1) is 9.79. The molecule has 0 amide bonds. The zero-order valence-electron chi connectivity index (χ0n) is 11.7. The van der Waals surface area contributed by atoms with E-state index in [4.69, 9.17) is 0 Å². The first kappa shape index (κ1) is 13.7. The molecule has 0 bridgehead atoms. The minimum absolute atomic E-state index is 0.472.